The van der Waals surface area contributed by atoms with Gasteiger partial charge in [-0.2, -0.15) is 0 Å². The smallest absolute Gasteiger partial charge is 0.253 e. The predicted molar refractivity (Wildman–Crippen MR) is 65.0 cm³/mol. The molecule has 1 aromatic heterocycles. The van der Waals surface area contributed by atoms with Crippen LogP contribution in [0.25, 0.3) is 0 Å². The fraction of sp³-hybridized carbons (Fsp3) is 0.385. The van der Waals surface area contributed by atoms with E-state index in [1.807, 2.05) is 6.92 Å². The number of aliphatic hydroxyl groups is 1. The quantitative estimate of drug-likeness (QED) is 0.900. The number of rotatable bonds is 5. The minimum atomic E-state index is -0.850. The number of aryl methyl sites for hydroxylation is 1. The third-order valence-corrected chi connectivity index (χ3v) is 2.60. The summed E-state index contributed by atoms with van der Waals surface area (Å²) in [5.41, 5.74) is 0.235. The summed E-state index contributed by atoms with van der Waals surface area (Å²) in [6.07, 6.45) is -0.192. The highest BCUT2D eigenvalue weighted by Gasteiger charge is 2.10. The highest BCUT2D eigenvalue weighted by Crippen LogP contribution is 2.22. The maximum Gasteiger partial charge on any atom is 0.253 e. The molecule has 0 unspecified atom stereocenters. The second kappa shape index (κ2) is 5.79. The van der Waals surface area contributed by atoms with Gasteiger partial charge in [-0.05, 0) is 19.1 Å². The molecular formula is C13H15FN2O3. The molecule has 6 heteroatoms. The van der Waals surface area contributed by atoms with E-state index in [1.165, 1.54) is 19.1 Å². The van der Waals surface area contributed by atoms with Crippen LogP contribution in [0.1, 0.15) is 37.3 Å². The molecule has 0 amide bonds. The SMILES string of the molecule is CCc1nnc(COc2ccc([C@@H](C)O)c(F)c2)o1. The van der Waals surface area contributed by atoms with Crippen molar-refractivity contribution in [3.8, 4) is 5.75 Å². The van der Waals surface area contributed by atoms with Crippen LogP contribution in [0.15, 0.2) is 22.6 Å². The number of halogens is 1. The van der Waals surface area contributed by atoms with Crippen LogP contribution < -0.4 is 4.74 Å². The average Bonchev–Trinajstić information content (AvgIpc) is 2.84. The van der Waals surface area contributed by atoms with Gasteiger partial charge in [0.25, 0.3) is 5.89 Å². The van der Waals surface area contributed by atoms with E-state index < -0.39 is 11.9 Å². The lowest BCUT2D eigenvalue weighted by Gasteiger charge is -2.08. The normalized spacial score (nSPS) is 12.4. The molecule has 5 nitrogen and oxygen atoms in total. The van der Waals surface area contributed by atoms with Crippen LogP contribution in [0, 0.1) is 5.82 Å². The first-order chi connectivity index (χ1) is 9.10. The minimum absolute atomic E-state index is 0.0838. The van der Waals surface area contributed by atoms with Crippen LogP contribution in [0.3, 0.4) is 0 Å². The second-order valence-corrected chi connectivity index (χ2v) is 4.09. The molecule has 0 fully saturated rings. The van der Waals surface area contributed by atoms with Gasteiger partial charge in [-0.25, -0.2) is 4.39 Å². The zero-order valence-corrected chi connectivity index (χ0v) is 10.8. The average molecular weight is 266 g/mol. The molecule has 1 atom stereocenters. The highest BCUT2D eigenvalue weighted by atomic mass is 19.1. The Labute approximate surface area is 110 Å². The summed E-state index contributed by atoms with van der Waals surface area (Å²) in [5.74, 6) is 0.719. The van der Waals surface area contributed by atoms with Gasteiger partial charge in [0, 0.05) is 18.1 Å². The Morgan fingerprint density at radius 2 is 2.11 bits per heavy atom. The van der Waals surface area contributed by atoms with E-state index in [-0.39, 0.29) is 12.2 Å². The third-order valence-electron chi connectivity index (χ3n) is 2.60. The number of ether oxygens (including phenoxy) is 1. The van der Waals surface area contributed by atoms with Crippen molar-refractivity contribution in [3.05, 3.63) is 41.4 Å². The van der Waals surface area contributed by atoms with Gasteiger partial charge in [0.15, 0.2) is 6.61 Å². The molecule has 0 radical (unpaired) electrons. The Kier molecular flexibility index (Phi) is 4.11. The van der Waals surface area contributed by atoms with Crippen LogP contribution in [-0.2, 0) is 13.0 Å². The van der Waals surface area contributed by atoms with E-state index in [4.69, 9.17) is 9.15 Å². The van der Waals surface area contributed by atoms with Crippen molar-refractivity contribution in [3.63, 3.8) is 0 Å². The van der Waals surface area contributed by atoms with E-state index in [1.54, 1.807) is 6.07 Å². The Hall–Kier alpha value is -1.95. The molecule has 2 aromatic rings. The molecule has 102 valence electrons. The van der Waals surface area contributed by atoms with Crippen LogP contribution in [-0.4, -0.2) is 15.3 Å². The largest absolute Gasteiger partial charge is 0.484 e. The summed E-state index contributed by atoms with van der Waals surface area (Å²) in [6, 6.07) is 4.29. The fourth-order valence-corrected chi connectivity index (χ4v) is 1.57. The molecule has 0 saturated carbocycles. The predicted octanol–water partition coefficient (Wildman–Crippen LogP) is 2.40. The van der Waals surface area contributed by atoms with Gasteiger partial charge in [0.05, 0.1) is 6.10 Å². The van der Waals surface area contributed by atoms with Crippen molar-refractivity contribution in [1.29, 1.82) is 0 Å². The number of hydrogen-bond acceptors (Lipinski definition) is 5. The molecule has 0 aliphatic heterocycles. The summed E-state index contributed by atoms with van der Waals surface area (Å²) < 4.78 is 24.2. The maximum atomic E-state index is 13.6. The molecular weight excluding hydrogens is 251 g/mol. The zero-order valence-electron chi connectivity index (χ0n) is 10.8. The summed E-state index contributed by atoms with van der Waals surface area (Å²) >= 11 is 0. The Morgan fingerprint density at radius 1 is 1.37 bits per heavy atom. The van der Waals surface area contributed by atoms with Gasteiger partial charge in [0.2, 0.25) is 5.89 Å². The fourth-order valence-electron chi connectivity index (χ4n) is 1.57. The summed E-state index contributed by atoms with van der Waals surface area (Å²) in [4.78, 5) is 0. The molecule has 1 heterocycles. The highest BCUT2D eigenvalue weighted by molar-refractivity contribution is 5.30. The first kappa shape index (κ1) is 13.5. The monoisotopic (exact) mass is 266 g/mol. The van der Waals surface area contributed by atoms with Crippen LogP contribution in [0.5, 0.6) is 5.75 Å². The van der Waals surface area contributed by atoms with Crippen LogP contribution >= 0.6 is 0 Å². The third kappa shape index (κ3) is 3.29. The van der Waals surface area contributed by atoms with E-state index in [0.29, 0.717) is 24.0 Å². The van der Waals surface area contributed by atoms with Gasteiger partial charge in [-0.1, -0.05) is 6.92 Å². The first-order valence-corrected chi connectivity index (χ1v) is 6.01. The molecule has 0 spiro atoms. The lowest BCUT2D eigenvalue weighted by atomic mass is 10.1. The number of aromatic nitrogens is 2. The number of nitrogens with zero attached hydrogens (tertiary/aromatic N) is 2. The Morgan fingerprint density at radius 3 is 2.68 bits per heavy atom. The molecule has 1 N–H and O–H groups in total. The van der Waals surface area contributed by atoms with Crippen LogP contribution in [0.2, 0.25) is 0 Å². The maximum absolute atomic E-state index is 13.6. The summed E-state index contributed by atoms with van der Waals surface area (Å²) in [5, 5.41) is 16.9. The zero-order chi connectivity index (χ0) is 13.8. The van der Waals surface area contributed by atoms with Crippen molar-refractivity contribution < 1.29 is 18.7 Å². The van der Waals surface area contributed by atoms with Crippen molar-refractivity contribution in [2.45, 2.75) is 33.0 Å². The minimum Gasteiger partial charge on any atom is -0.484 e. The first-order valence-electron chi connectivity index (χ1n) is 6.01. The molecule has 0 saturated heterocycles. The van der Waals surface area contributed by atoms with Gasteiger partial charge in [0.1, 0.15) is 11.6 Å². The van der Waals surface area contributed by atoms with E-state index in [9.17, 15) is 9.50 Å². The van der Waals surface area contributed by atoms with Crippen molar-refractivity contribution in [1.82, 2.24) is 10.2 Å². The van der Waals surface area contributed by atoms with Gasteiger partial charge < -0.3 is 14.3 Å². The van der Waals surface area contributed by atoms with Crippen molar-refractivity contribution >= 4 is 0 Å². The standard InChI is InChI=1S/C13H15FN2O3/c1-3-12-15-16-13(19-12)7-18-9-4-5-10(8(2)17)11(14)6-9/h4-6,8,17H,3,7H2,1-2H3/t8-/m1/s1. The molecule has 19 heavy (non-hydrogen) atoms. The van der Waals surface area contributed by atoms with Crippen LogP contribution in [0.4, 0.5) is 4.39 Å². The summed E-state index contributed by atoms with van der Waals surface area (Å²) in [7, 11) is 0. The van der Waals surface area contributed by atoms with Gasteiger partial charge in [-0.15, -0.1) is 10.2 Å². The molecule has 2 rings (SSSR count). The number of benzene rings is 1. The van der Waals surface area contributed by atoms with E-state index >= 15 is 0 Å². The topological polar surface area (TPSA) is 68.4 Å². The number of hydrogen-bond donors (Lipinski definition) is 1. The molecule has 0 bridgehead atoms. The molecule has 1 aromatic carbocycles. The van der Waals surface area contributed by atoms with Crippen molar-refractivity contribution in [2.75, 3.05) is 0 Å². The molecule has 0 aliphatic carbocycles. The molecule has 0 aliphatic rings. The van der Waals surface area contributed by atoms with Gasteiger partial charge >= 0.3 is 0 Å². The number of aliphatic hydroxyl groups excluding tert-OH is 1. The second-order valence-electron chi connectivity index (χ2n) is 4.09. The van der Waals surface area contributed by atoms with Crippen molar-refractivity contribution in [2.24, 2.45) is 0 Å². The Balaban J connectivity index is 2.01. The summed E-state index contributed by atoms with van der Waals surface area (Å²) in [6.45, 7) is 3.49. The van der Waals surface area contributed by atoms with E-state index in [0.717, 1.165) is 0 Å². The lowest BCUT2D eigenvalue weighted by Crippen LogP contribution is -1.99. The van der Waals surface area contributed by atoms with Gasteiger partial charge in [-0.3, -0.25) is 0 Å². The van der Waals surface area contributed by atoms with E-state index in [2.05, 4.69) is 10.2 Å². The Bertz CT molecular complexity index is 555. The lowest BCUT2D eigenvalue weighted by molar-refractivity contribution is 0.193.